The molecule has 6 heteroatoms. The van der Waals surface area contributed by atoms with Crippen LogP contribution in [0.2, 0.25) is 0 Å². The Hall–Kier alpha value is -3.17. The van der Waals surface area contributed by atoms with Crippen LogP contribution < -0.4 is 9.64 Å². The van der Waals surface area contributed by atoms with Gasteiger partial charge in [0.25, 0.3) is 5.91 Å². The number of piperidine rings is 1. The number of ether oxygens (including phenoxy) is 1. The molecule has 4 rings (SSSR count). The monoisotopic (exact) mass is 403 g/mol. The number of nitriles is 1. The van der Waals surface area contributed by atoms with Crippen molar-refractivity contribution in [1.29, 1.82) is 5.26 Å². The number of nitrogens with zero attached hydrogens (tertiary/aromatic N) is 3. The average Bonchev–Trinajstić information content (AvgIpc) is 3.09. The van der Waals surface area contributed by atoms with Gasteiger partial charge in [-0.25, -0.2) is 4.90 Å². The maximum absolute atomic E-state index is 13.1. The minimum Gasteiger partial charge on any atom is -0.494 e. The minimum atomic E-state index is -0.530. The summed E-state index contributed by atoms with van der Waals surface area (Å²) in [5.41, 5.74) is 1.07. The van der Waals surface area contributed by atoms with Crippen molar-refractivity contribution in [2.45, 2.75) is 37.6 Å². The van der Waals surface area contributed by atoms with Crippen LogP contribution in [-0.4, -0.2) is 42.5 Å². The van der Waals surface area contributed by atoms with E-state index in [1.165, 1.54) is 4.90 Å². The van der Waals surface area contributed by atoms with Crippen molar-refractivity contribution in [3.05, 3.63) is 60.2 Å². The fraction of sp³-hybridized carbons (Fsp3) is 0.375. The Morgan fingerprint density at radius 3 is 2.33 bits per heavy atom. The topological polar surface area (TPSA) is 73.6 Å². The highest BCUT2D eigenvalue weighted by atomic mass is 16.5. The molecular weight excluding hydrogens is 378 g/mol. The molecule has 2 aliphatic heterocycles. The quantitative estimate of drug-likeness (QED) is 0.717. The van der Waals surface area contributed by atoms with Crippen LogP contribution in [0.15, 0.2) is 54.6 Å². The fourth-order valence-corrected chi connectivity index (χ4v) is 4.47. The highest BCUT2D eigenvalue weighted by molar-refractivity contribution is 6.22. The predicted molar refractivity (Wildman–Crippen MR) is 113 cm³/mol. The van der Waals surface area contributed by atoms with Gasteiger partial charge in [0, 0.05) is 13.1 Å². The van der Waals surface area contributed by atoms with Crippen molar-refractivity contribution >= 4 is 17.5 Å². The number of rotatable bonds is 5. The molecule has 2 amide bonds. The Bertz CT molecular complexity index is 957. The van der Waals surface area contributed by atoms with Crippen molar-refractivity contribution in [3.8, 4) is 11.8 Å². The summed E-state index contributed by atoms with van der Waals surface area (Å²) in [5, 5.41) is 9.88. The molecule has 0 radical (unpaired) electrons. The molecule has 2 fully saturated rings. The van der Waals surface area contributed by atoms with E-state index in [0.29, 0.717) is 44.0 Å². The second-order valence-corrected chi connectivity index (χ2v) is 7.81. The Labute approximate surface area is 176 Å². The SMILES string of the molecule is CCOc1ccc(N2C(=O)CC(N3CCC(C#N)(c4ccccc4)CC3)C2=O)cc1. The van der Waals surface area contributed by atoms with Crippen LogP contribution in [-0.2, 0) is 15.0 Å². The number of hydrogen-bond donors (Lipinski definition) is 0. The maximum Gasteiger partial charge on any atom is 0.251 e. The zero-order valence-corrected chi connectivity index (χ0v) is 17.1. The van der Waals surface area contributed by atoms with E-state index >= 15 is 0 Å². The van der Waals surface area contributed by atoms with E-state index in [0.717, 1.165) is 5.56 Å². The second kappa shape index (κ2) is 8.29. The van der Waals surface area contributed by atoms with E-state index in [9.17, 15) is 14.9 Å². The molecule has 6 nitrogen and oxygen atoms in total. The van der Waals surface area contributed by atoms with Gasteiger partial charge in [-0.05, 0) is 49.6 Å². The van der Waals surface area contributed by atoms with Crippen molar-refractivity contribution < 1.29 is 14.3 Å². The number of anilines is 1. The first-order chi connectivity index (χ1) is 14.6. The molecule has 1 atom stereocenters. The number of carbonyl (C=O) groups is 2. The molecule has 0 spiro atoms. The van der Waals surface area contributed by atoms with Gasteiger partial charge in [0.05, 0.1) is 36.2 Å². The maximum atomic E-state index is 13.1. The van der Waals surface area contributed by atoms with E-state index in [1.54, 1.807) is 24.3 Å². The molecule has 0 aromatic heterocycles. The van der Waals surface area contributed by atoms with Gasteiger partial charge in [-0.1, -0.05) is 30.3 Å². The van der Waals surface area contributed by atoms with Crippen LogP contribution in [0.3, 0.4) is 0 Å². The molecular formula is C24H25N3O3. The summed E-state index contributed by atoms with van der Waals surface area (Å²) < 4.78 is 5.44. The van der Waals surface area contributed by atoms with Crippen LogP contribution in [0.25, 0.3) is 0 Å². The fourth-order valence-electron chi connectivity index (χ4n) is 4.47. The lowest BCUT2D eigenvalue weighted by Crippen LogP contribution is -2.49. The third kappa shape index (κ3) is 3.57. The van der Waals surface area contributed by atoms with Crippen molar-refractivity contribution in [1.82, 2.24) is 4.90 Å². The zero-order chi connectivity index (χ0) is 21.1. The molecule has 1 unspecified atom stereocenters. The number of amides is 2. The van der Waals surface area contributed by atoms with E-state index in [2.05, 4.69) is 11.0 Å². The lowest BCUT2D eigenvalue weighted by atomic mass is 9.74. The van der Waals surface area contributed by atoms with Gasteiger partial charge in [-0.15, -0.1) is 0 Å². The van der Waals surface area contributed by atoms with Gasteiger partial charge in [0.2, 0.25) is 5.91 Å². The summed E-state index contributed by atoms with van der Waals surface area (Å²) in [4.78, 5) is 29.1. The lowest BCUT2D eigenvalue weighted by Gasteiger charge is -2.39. The molecule has 154 valence electrons. The summed E-state index contributed by atoms with van der Waals surface area (Å²) in [6.45, 7) is 3.70. The van der Waals surface area contributed by atoms with Crippen LogP contribution in [0.1, 0.15) is 31.7 Å². The first-order valence-electron chi connectivity index (χ1n) is 10.4. The number of hydrogen-bond acceptors (Lipinski definition) is 5. The predicted octanol–water partition coefficient (Wildman–Crippen LogP) is 3.27. The number of carbonyl (C=O) groups excluding carboxylic acids is 2. The summed E-state index contributed by atoms with van der Waals surface area (Å²) in [6.07, 6.45) is 1.47. The summed E-state index contributed by atoms with van der Waals surface area (Å²) in [7, 11) is 0. The minimum absolute atomic E-state index is 0.178. The van der Waals surface area contributed by atoms with E-state index < -0.39 is 11.5 Å². The molecule has 2 heterocycles. The van der Waals surface area contributed by atoms with Crippen molar-refractivity contribution in [2.75, 3.05) is 24.6 Å². The van der Waals surface area contributed by atoms with Crippen LogP contribution >= 0.6 is 0 Å². The Morgan fingerprint density at radius 1 is 1.07 bits per heavy atom. The number of imide groups is 1. The highest BCUT2D eigenvalue weighted by Crippen LogP contribution is 2.37. The Morgan fingerprint density at radius 2 is 1.73 bits per heavy atom. The Kier molecular flexibility index (Phi) is 5.56. The summed E-state index contributed by atoms with van der Waals surface area (Å²) in [6, 6.07) is 18.9. The van der Waals surface area contributed by atoms with Crippen LogP contribution in [0.4, 0.5) is 5.69 Å². The van der Waals surface area contributed by atoms with Crippen molar-refractivity contribution in [2.24, 2.45) is 0 Å². The van der Waals surface area contributed by atoms with Gasteiger partial charge in [0.1, 0.15) is 5.75 Å². The number of likely N-dealkylation sites (tertiary alicyclic amines) is 1. The van der Waals surface area contributed by atoms with E-state index in [-0.39, 0.29) is 18.2 Å². The molecule has 2 aromatic rings. The zero-order valence-electron chi connectivity index (χ0n) is 17.1. The largest absolute Gasteiger partial charge is 0.494 e. The van der Waals surface area contributed by atoms with E-state index in [1.807, 2.05) is 37.3 Å². The van der Waals surface area contributed by atoms with Crippen molar-refractivity contribution in [3.63, 3.8) is 0 Å². The van der Waals surface area contributed by atoms with Crippen LogP contribution in [0.5, 0.6) is 5.75 Å². The normalized spacial score (nSPS) is 21.5. The van der Waals surface area contributed by atoms with Gasteiger partial charge >= 0.3 is 0 Å². The van der Waals surface area contributed by atoms with E-state index in [4.69, 9.17) is 4.74 Å². The Balaban J connectivity index is 1.47. The number of benzene rings is 2. The first-order valence-corrected chi connectivity index (χ1v) is 10.4. The summed E-state index contributed by atoms with van der Waals surface area (Å²) >= 11 is 0. The van der Waals surface area contributed by atoms with Gasteiger partial charge in [0.15, 0.2) is 0 Å². The molecule has 2 aliphatic rings. The molecule has 2 saturated heterocycles. The van der Waals surface area contributed by atoms with Gasteiger partial charge in [-0.2, -0.15) is 5.26 Å². The third-order valence-electron chi connectivity index (χ3n) is 6.16. The van der Waals surface area contributed by atoms with Crippen LogP contribution in [0, 0.1) is 11.3 Å². The van der Waals surface area contributed by atoms with Gasteiger partial charge < -0.3 is 4.74 Å². The first kappa shape index (κ1) is 20.1. The highest BCUT2D eigenvalue weighted by Gasteiger charge is 2.46. The molecule has 2 aromatic carbocycles. The molecule has 0 bridgehead atoms. The lowest BCUT2D eigenvalue weighted by molar-refractivity contribution is -0.123. The standard InChI is InChI=1S/C24H25N3O3/c1-2-30-20-10-8-19(9-11-20)27-22(28)16-21(23(27)29)26-14-12-24(17-25,13-15-26)18-6-4-3-5-7-18/h3-11,21H,2,12-16H2,1H3. The third-order valence-corrected chi connectivity index (χ3v) is 6.16. The summed E-state index contributed by atoms with van der Waals surface area (Å²) in [5.74, 6) is 0.337. The second-order valence-electron chi connectivity index (χ2n) is 7.81. The molecule has 30 heavy (non-hydrogen) atoms. The molecule has 0 N–H and O–H groups in total. The average molecular weight is 403 g/mol. The molecule has 0 aliphatic carbocycles. The van der Waals surface area contributed by atoms with Gasteiger partial charge in [-0.3, -0.25) is 14.5 Å². The smallest absolute Gasteiger partial charge is 0.251 e. The molecule has 0 saturated carbocycles.